The Kier molecular flexibility index (Phi) is 5.66. The predicted molar refractivity (Wildman–Crippen MR) is 91.3 cm³/mol. The summed E-state index contributed by atoms with van der Waals surface area (Å²) >= 11 is 1.28. The van der Waals surface area contributed by atoms with Crippen molar-refractivity contribution in [3.63, 3.8) is 0 Å². The molecule has 0 aliphatic carbocycles. The average Bonchev–Trinajstić information content (AvgIpc) is 2.86. The van der Waals surface area contributed by atoms with Crippen LogP contribution in [0.2, 0.25) is 0 Å². The summed E-state index contributed by atoms with van der Waals surface area (Å²) < 4.78 is 15.4. The second kappa shape index (κ2) is 7.53. The first-order chi connectivity index (χ1) is 11.3. The molecule has 0 unspecified atom stereocenters. The molecule has 5 nitrogen and oxygen atoms in total. The maximum Gasteiger partial charge on any atom is 0.282 e. The van der Waals surface area contributed by atoms with Crippen LogP contribution in [0.3, 0.4) is 0 Å². The van der Waals surface area contributed by atoms with Crippen molar-refractivity contribution in [3.05, 3.63) is 51.5 Å². The van der Waals surface area contributed by atoms with E-state index in [0.717, 1.165) is 4.88 Å². The molecule has 0 bridgehead atoms. The van der Waals surface area contributed by atoms with Gasteiger partial charge in [-0.1, -0.05) is 12.1 Å². The maximum absolute atomic E-state index is 13.7. The largest absolute Gasteiger partial charge is 0.352 e. The Morgan fingerprint density at radius 3 is 2.54 bits per heavy atom. The van der Waals surface area contributed by atoms with E-state index in [-0.39, 0.29) is 17.5 Å². The van der Waals surface area contributed by atoms with Crippen LogP contribution in [0, 0.1) is 12.7 Å². The summed E-state index contributed by atoms with van der Waals surface area (Å²) in [6.45, 7) is 7.35. The Bertz CT molecular complexity index is 823. The van der Waals surface area contributed by atoms with E-state index in [2.05, 4.69) is 10.3 Å². The summed E-state index contributed by atoms with van der Waals surface area (Å²) in [6, 6.07) is 5.19. The third kappa shape index (κ3) is 4.17. The van der Waals surface area contributed by atoms with Crippen LogP contribution >= 0.6 is 11.3 Å². The quantitative estimate of drug-likeness (QED) is 0.922. The van der Waals surface area contributed by atoms with Gasteiger partial charge in [-0.2, -0.15) is 4.99 Å². The molecular formula is C17H20FN3O2S. The number of nitrogens with one attached hydrogen (secondary N) is 1. The van der Waals surface area contributed by atoms with E-state index in [4.69, 9.17) is 0 Å². The molecule has 0 saturated carbocycles. The van der Waals surface area contributed by atoms with Gasteiger partial charge in [0.15, 0.2) is 4.80 Å². The van der Waals surface area contributed by atoms with Crippen LogP contribution in [0.4, 0.5) is 4.39 Å². The standard InChI is InChI=1S/C17H20FN3O2S/c1-10(2)19-15(22)12(4)21-9-11(3)24-17(21)20-16(23)13-7-5-6-8-14(13)18/h5-10,12H,1-4H3,(H,19,22)/t12-/m0/s1. The van der Waals surface area contributed by atoms with Crippen LogP contribution in [0.1, 0.15) is 42.0 Å². The van der Waals surface area contributed by atoms with Gasteiger partial charge in [-0.05, 0) is 39.8 Å². The number of hydrogen-bond acceptors (Lipinski definition) is 3. The Morgan fingerprint density at radius 1 is 1.25 bits per heavy atom. The minimum Gasteiger partial charge on any atom is -0.352 e. The first-order valence-electron chi connectivity index (χ1n) is 7.62. The minimum absolute atomic E-state index is 0.0146. The van der Waals surface area contributed by atoms with Gasteiger partial charge >= 0.3 is 0 Å². The molecular weight excluding hydrogens is 329 g/mol. The number of amides is 2. The number of thiazole rings is 1. The van der Waals surface area contributed by atoms with Gasteiger partial charge in [0.25, 0.3) is 5.91 Å². The van der Waals surface area contributed by atoms with Gasteiger partial charge in [0.2, 0.25) is 5.91 Å². The predicted octanol–water partition coefficient (Wildman–Crippen LogP) is 2.82. The molecule has 1 atom stereocenters. The molecule has 1 aromatic carbocycles. The molecule has 1 N–H and O–H groups in total. The fourth-order valence-corrected chi connectivity index (χ4v) is 3.04. The van der Waals surface area contributed by atoms with Gasteiger partial charge in [0.1, 0.15) is 11.9 Å². The third-order valence-electron chi connectivity index (χ3n) is 3.32. The van der Waals surface area contributed by atoms with E-state index in [9.17, 15) is 14.0 Å². The van der Waals surface area contributed by atoms with Crippen LogP contribution in [0.25, 0.3) is 0 Å². The van der Waals surface area contributed by atoms with Crippen LogP contribution < -0.4 is 10.1 Å². The Hall–Kier alpha value is -2.28. The number of hydrogen-bond donors (Lipinski definition) is 1. The molecule has 0 fully saturated rings. The third-order valence-corrected chi connectivity index (χ3v) is 4.24. The molecule has 0 aliphatic rings. The monoisotopic (exact) mass is 349 g/mol. The van der Waals surface area contributed by atoms with E-state index in [1.165, 1.54) is 29.5 Å². The van der Waals surface area contributed by atoms with E-state index >= 15 is 0 Å². The highest BCUT2D eigenvalue weighted by molar-refractivity contribution is 7.09. The first-order valence-corrected chi connectivity index (χ1v) is 8.43. The molecule has 1 aromatic heterocycles. The smallest absolute Gasteiger partial charge is 0.282 e. The number of rotatable bonds is 4. The zero-order chi connectivity index (χ0) is 17.9. The highest BCUT2D eigenvalue weighted by Crippen LogP contribution is 2.11. The van der Waals surface area contributed by atoms with Crippen LogP contribution in [-0.4, -0.2) is 22.4 Å². The Labute approximate surface area is 143 Å². The lowest BCUT2D eigenvalue weighted by atomic mass is 10.2. The normalized spacial score (nSPS) is 13.2. The number of aryl methyl sites for hydroxylation is 1. The van der Waals surface area contributed by atoms with Crippen molar-refractivity contribution < 1.29 is 14.0 Å². The maximum atomic E-state index is 13.7. The lowest BCUT2D eigenvalue weighted by Crippen LogP contribution is -2.38. The Morgan fingerprint density at radius 2 is 1.92 bits per heavy atom. The number of nitrogens with zero attached hydrogens (tertiary/aromatic N) is 2. The van der Waals surface area contributed by atoms with Gasteiger partial charge in [-0.15, -0.1) is 11.3 Å². The summed E-state index contributed by atoms with van der Waals surface area (Å²) in [5.41, 5.74) is -0.0885. The molecule has 1 heterocycles. The molecule has 0 aliphatic heterocycles. The first kappa shape index (κ1) is 18.1. The lowest BCUT2D eigenvalue weighted by Gasteiger charge is -2.15. The second-order valence-corrected chi connectivity index (χ2v) is 6.98. The number of aromatic nitrogens is 1. The molecule has 2 aromatic rings. The molecule has 0 radical (unpaired) electrons. The van der Waals surface area contributed by atoms with Gasteiger partial charge in [-0.3, -0.25) is 9.59 Å². The molecule has 2 rings (SSSR count). The number of benzene rings is 1. The zero-order valence-corrected chi connectivity index (χ0v) is 14.9. The van der Waals surface area contributed by atoms with Crippen LogP contribution in [0.15, 0.2) is 35.5 Å². The number of halogens is 1. The van der Waals surface area contributed by atoms with E-state index in [1.54, 1.807) is 23.8 Å². The van der Waals surface area contributed by atoms with Gasteiger partial charge in [0.05, 0.1) is 5.56 Å². The van der Waals surface area contributed by atoms with E-state index in [0.29, 0.717) is 4.80 Å². The molecule has 0 spiro atoms. The Balaban J connectivity index is 2.40. The summed E-state index contributed by atoms with van der Waals surface area (Å²) in [5, 5.41) is 2.83. The highest BCUT2D eigenvalue weighted by Gasteiger charge is 2.18. The summed E-state index contributed by atoms with van der Waals surface area (Å²) in [4.78, 5) is 29.8. The van der Waals surface area contributed by atoms with Gasteiger partial charge < -0.3 is 9.88 Å². The lowest BCUT2D eigenvalue weighted by molar-refractivity contribution is -0.124. The highest BCUT2D eigenvalue weighted by atomic mass is 32.1. The second-order valence-electron chi connectivity index (χ2n) is 5.77. The van der Waals surface area contributed by atoms with E-state index < -0.39 is 17.8 Å². The SMILES string of the molecule is Cc1cn([C@@H](C)C(=O)NC(C)C)c(=NC(=O)c2ccccc2F)s1. The van der Waals surface area contributed by atoms with Crippen molar-refractivity contribution in [1.29, 1.82) is 0 Å². The molecule has 24 heavy (non-hydrogen) atoms. The van der Waals surface area contributed by atoms with Crippen molar-refractivity contribution in [2.24, 2.45) is 4.99 Å². The van der Waals surface area contributed by atoms with Crippen molar-refractivity contribution in [1.82, 2.24) is 9.88 Å². The van der Waals surface area contributed by atoms with Crippen LogP contribution in [-0.2, 0) is 4.79 Å². The average molecular weight is 349 g/mol. The molecule has 0 saturated heterocycles. The fraction of sp³-hybridized carbons (Fsp3) is 0.353. The van der Waals surface area contributed by atoms with Crippen molar-refractivity contribution >= 4 is 23.2 Å². The topological polar surface area (TPSA) is 63.5 Å². The molecule has 7 heteroatoms. The minimum atomic E-state index is -0.667. The molecule has 2 amide bonds. The molecule has 128 valence electrons. The fourth-order valence-electron chi connectivity index (χ4n) is 2.15. The van der Waals surface area contributed by atoms with Crippen LogP contribution in [0.5, 0.6) is 0 Å². The zero-order valence-electron chi connectivity index (χ0n) is 14.0. The number of carbonyl (C=O) groups is 2. The van der Waals surface area contributed by atoms with Crippen molar-refractivity contribution in [2.45, 2.75) is 39.8 Å². The van der Waals surface area contributed by atoms with Gasteiger partial charge in [-0.25, -0.2) is 4.39 Å². The van der Waals surface area contributed by atoms with Crippen molar-refractivity contribution in [2.75, 3.05) is 0 Å². The summed E-state index contributed by atoms with van der Waals surface area (Å²) in [7, 11) is 0. The summed E-state index contributed by atoms with van der Waals surface area (Å²) in [5.74, 6) is -1.44. The van der Waals surface area contributed by atoms with Crippen molar-refractivity contribution in [3.8, 4) is 0 Å². The van der Waals surface area contributed by atoms with Gasteiger partial charge in [0, 0.05) is 17.1 Å². The summed E-state index contributed by atoms with van der Waals surface area (Å²) in [6.07, 6.45) is 1.77. The number of carbonyl (C=O) groups excluding carboxylic acids is 2. The van der Waals surface area contributed by atoms with E-state index in [1.807, 2.05) is 20.8 Å².